The van der Waals surface area contributed by atoms with Crippen molar-refractivity contribution in [3.05, 3.63) is 35.4 Å². The molecule has 0 aromatic heterocycles. The summed E-state index contributed by atoms with van der Waals surface area (Å²) < 4.78 is 0. The minimum absolute atomic E-state index is 0.261. The highest BCUT2D eigenvalue weighted by Gasteiger charge is 2.37. The van der Waals surface area contributed by atoms with E-state index in [1.165, 1.54) is 19.1 Å². The van der Waals surface area contributed by atoms with Crippen molar-refractivity contribution >= 4 is 17.6 Å². The van der Waals surface area contributed by atoms with Crippen molar-refractivity contribution in [1.82, 2.24) is 4.90 Å². The molecule has 1 aromatic rings. The number of carbonyl (C=O) groups is 3. The van der Waals surface area contributed by atoms with Crippen molar-refractivity contribution in [2.75, 3.05) is 6.54 Å². The van der Waals surface area contributed by atoms with Crippen molar-refractivity contribution in [1.29, 1.82) is 5.26 Å². The van der Waals surface area contributed by atoms with Crippen LogP contribution in [0.1, 0.15) is 34.1 Å². The predicted molar refractivity (Wildman–Crippen MR) is 67.7 cm³/mol. The highest BCUT2D eigenvalue weighted by molar-refractivity contribution is 6.22. The number of fused-ring (bicyclic) bond motifs is 1. The van der Waals surface area contributed by atoms with E-state index in [4.69, 9.17) is 5.26 Å². The molecule has 0 saturated carbocycles. The van der Waals surface area contributed by atoms with Gasteiger partial charge in [0.1, 0.15) is 0 Å². The van der Waals surface area contributed by atoms with Crippen molar-refractivity contribution in [3.63, 3.8) is 0 Å². The summed E-state index contributed by atoms with van der Waals surface area (Å²) in [4.78, 5) is 36.6. The lowest BCUT2D eigenvalue weighted by molar-refractivity contribution is -0.122. The van der Waals surface area contributed by atoms with E-state index in [1.54, 1.807) is 18.2 Å². The maximum absolute atomic E-state index is 12.0. The maximum Gasteiger partial charge on any atom is 0.261 e. The number of carbonyl (C=O) groups excluding carboxylic acids is 3. The van der Waals surface area contributed by atoms with E-state index >= 15 is 0 Å². The summed E-state index contributed by atoms with van der Waals surface area (Å²) in [7, 11) is 0. The Kier molecular flexibility index (Phi) is 3.38. The van der Waals surface area contributed by atoms with Gasteiger partial charge in [-0.2, -0.15) is 5.26 Å². The molecule has 1 heterocycles. The van der Waals surface area contributed by atoms with Gasteiger partial charge < -0.3 is 5.11 Å². The van der Waals surface area contributed by atoms with Gasteiger partial charge in [-0.15, -0.1) is 0 Å². The number of nitriles is 1. The fourth-order valence-corrected chi connectivity index (χ4v) is 2.04. The molecule has 1 aliphatic rings. The molecule has 0 radical (unpaired) electrons. The van der Waals surface area contributed by atoms with Crippen LogP contribution >= 0.6 is 0 Å². The minimum atomic E-state index is -1.80. The molecule has 2 rings (SSSR count). The summed E-state index contributed by atoms with van der Waals surface area (Å²) in [6, 6.07) is 7.89. The quantitative estimate of drug-likeness (QED) is 0.636. The Morgan fingerprint density at radius 3 is 2.25 bits per heavy atom. The van der Waals surface area contributed by atoms with E-state index in [2.05, 4.69) is 0 Å². The average molecular weight is 272 g/mol. The number of hydrogen-bond acceptors (Lipinski definition) is 5. The van der Waals surface area contributed by atoms with Gasteiger partial charge in [-0.25, -0.2) is 0 Å². The highest BCUT2D eigenvalue weighted by Crippen LogP contribution is 2.22. The number of rotatable bonds is 4. The van der Waals surface area contributed by atoms with Crippen LogP contribution < -0.4 is 0 Å². The van der Waals surface area contributed by atoms with Crippen LogP contribution in [0.5, 0.6) is 0 Å². The predicted octanol–water partition coefficient (Wildman–Crippen LogP) is 0.516. The third-order valence-corrected chi connectivity index (χ3v) is 2.99. The number of aliphatic hydroxyl groups is 1. The normalized spacial score (nSPS) is 16.6. The van der Waals surface area contributed by atoms with Crippen LogP contribution in [0.3, 0.4) is 0 Å². The first kappa shape index (κ1) is 13.9. The van der Waals surface area contributed by atoms with E-state index in [9.17, 15) is 19.5 Å². The molecule has 1 unspecified atom stereocenters. The lowest BCUT2D eigenvalue weighted by Gasteiger charge is -2.16. The fourth-order valence-electron chi connectivity index (χ4n) is 2.04. The van der Waals surface area contributed by atoms with Gasteiger partial charge in [-0.05, 0) is 19.1 Å². The van der Waals surface area contributed by atoms with Crippen LogP contribution in [0.15, 0.2) is 24.3 Å². The third-order valence-electron chi connectivity index (χ3n) is 2.99. The Balaban J connectivity index is 2.14. The molecule has 102 valence electrons. The van der Waals surface area contributed by atoms with Gasteiger partial charge in [0, 0.05) is 0 Å². The summed E-state index contributed by atoms with van der Waals surface area (Å²) >= 11 is 0. The van der Waals surface area contributed by atoms with Gasteiger partial charge in [-0.1, -0.05) is 12.1 Å². The topological polar surface area (TPSA) is 98.5 Å². The van der Waals surface area contributed by atoms with Crippen LogP contribution in [0.4, 0.5) is 0 Å². The van der Waals surface area contributed by atoms with Crippen molar-refractivity contribution in [3.8, 4) is 6.07 Å². The highest BCUT2D eigenvalue weighted by atomic mass is 16.3. The number of imide groups is 1. The zero-order chi connectivity index (χ0) is 14.9. The lowest BCUT2D eigenvalue weighted by atomic mass is 10.0. The van der Waals surface area contributed by atoms with Gasteiger partial charge >= 0.3 is 0 Å². The number of hydrogen-bond donors (Lipinski definition) is 1. The van der Waals surface area contributed by atoms with Gasteiger partial charge in [-0.3, -0.25) is 19.3 Å². The lowest BCUT2D eigenvalue weighted by Crippen LogP contribution is -2.37. The second-order valence-corrected chi connectivity index (χ2v) is 4.84. The van der Waals surface area contributed by atoms with Crippen molar-refractivity contribution in [2.24, 2.45) is 0 Å². The van der Waals surface area contributed by atoms with Crippen LogP contribution in [-0.2, 0) is 4.79 Å². The number of amides is 2. The average Bonchev–Trinajstić information content (AvgIpc) is 2.64. The SMILES string of the molecule is CC(O)(C#N)CC(=O)CN1C(=O)c2ccccc2C1=O. The molecule has 1 aliphatic heterocycles. The number of nitrogens with zero attached hydrogens (tertiary/aromatic N) is 2. The molecule has 0 fully saturated rings. The Morgan fingerprint density at radius 1 is 1.30 bits per heavy atom. The molecular weight excluding hydrogens is 260 g/mol. The molecule has 2 amide bonds. The van der Waals surface area contributed by atoms with E-state index in [-0.39, 0.29) is 11.1 Å². The molecular formula is C14H12N2O4. The second kappa shape index (κ2) is 4.87. The summed E-state index contributed by atoms with van der Waals surface area (Å²) in [5.41, 5.74) is -1.27. The van der Waals surface area contributed by atoms with Crippen molar-refractivity contribution < 1.29 is 19.5 Å². The smallest absolute Gasteiger partial charge is 0.261 e. The molecule has 0 bridgehead atoms. The van der Waals surface area contributed by atoms with Crippen LogP contribution in [0.25, 0.3) is 0 Å². The van der Waals surface area contributed by atoms with Crippen molar-refractivity contribution in [2.45, 2.75) is 18.9 Å². The minimum Gasteiger partial charge on any atom is -0.375 e. The molecule has 0 saturated heterocycles. The van der Waals surface area contributed by atoms with Gasteiger partial charge in [0.15, 0.2) is 11.4 Å². The second-order valence-electron chi connectivity index (χ2n) is 4.84. The zero-order valence-electron chi connectivity index (χ0n) is 10.8. The van der Waals surface area contributed by atoms with Gasteiger partial charge in [0.05, 0.1) is 30.2 Å². The molecule has 6 heteroatoms. The molecule has 6 nitrogen and oxygen atoms in total. The first-order valence-electron chi connectivity index (χ1n) is 5.96. The van der Waals surface area contributed by atoms with E-state index < -0.39 is 36.2 Å². The van der Waals surface area contributed by atoms with Gasteiger partial charge in [0.25, 0.3) is 11.8 Å². The molecule has 0 spiro atoms. The summed E-state index contributed by atoms with van der Waals surface area (Å²) in [5.74, 6) is -1.61. The van der Waals surface area contributed by atoms with E-state index in [1.807, 2.05) is 0 Å². The number of Topliss-reactive ketones (excluding diaryl/α,β-unsaturated/α-hetero) is 1. The molecule has 20 heavy (non-hydrogen) atoms. The Bertz CT molecular complexity index is 608. The first-order chi connectivity index (χ1) is 9.35. The zero-order valence-corrected chi connectivity index (χ0v) is 10.8. The van der Waals surface area contributed by atoms with E-state index in [0.29, 0.717) is 0 Å². The summed E-state index contributed by atoms with van der Waals surface area (Å²) in [5, 5.41) is 18.2. The molecule has 0 aliphatic carbocycles. The molecule has 1 atom stereocenters. The monoisotopic (exact) mass is 272 g/mol. The standard InChI is InChI=1S/C14H12N2O4/c1-14(20,8-15)6-9(17)7-16-12(18)10-4-2-3-5-11(10)13(16)19/h2-5,20H,6-7H2,1H3. The number of benzene rings is 1. The van der Waals surface area contributed by atoms with Crippen LogP contribution in [-0.4, -0.2) is 39.7 Å². The molecule has 1 aromatic carbocycles. The summed E-state index contributed by atoms with van der Waals surface area (Å²) in [6.45, 7) is 0.761. The Labute approximate surface area is 115 Å². The maximum atomic E-state index is 12.0. The fraction of sp³-hybridized carbons (Fsp3) is 0.286. The van der Waals surface area contributed by atoms with E-state index in [0.717, 1.165) is 4.90 Å². The van der Waals surface area contributed by atoms with Crippen LogP contribution in [0, 0.1) is 11.3 Å². The summed E-state index contributed by atoms with van der Waals surface area (Å²) in [6.07, 6.45) is -0.434. The Hall–Kier alpha value is -2.52. The van der Waals surface area contributed by atoms with Crippen LogP contribution in [0.2, 0.25) is 0 Å². The molecule has 1 N–H and O–H groups in total. The largest absolute Gasteiger partial charge is 0.375 e. The Morgan fingerprint density at radius 2 is 1.80 bits per heavy atom. The third kappa shape index (κ3) is 2.44. The van der Waals surface area contributed by atoms with Gasteiger partial charge in [0.2, 0.25) is 0 Å². The number of ketones is 1. The first-order valence-corrected chi connectivity index (χ1v) is 5.96.